The van der Waals surface area contributed by atoms with Crippen molar-refractivity contribution in [1.82, 2.24) is 0 Å². The highest BCUT2D eigenvalue weighted by Gasteiger charge is 2.53. The van der Waals surface area contributed by atoms with Gasteiger partial charge in [0.1, 0.15) is 29.1 Å². The van der Waals surface area contributed by atoms with E-state index in [2.05, 4.69) is 0 Å². The Kier molecular flexibility index (Phi) is 7.04. The van der Waals surface area contributed by atoms with Gasteiger partial charge >= 0.3 is 12.1 Å². The van der Waals surface area contributed by atoms with Gasteiger partial charge in [0.15, 0.2) is 0 Å². The minimum atomic E-state index is -4.78. The maximum absolute atomic E-state index is 14.6. The first-order valence-corrected chi connectivity index (χ1v) is 14.2. The maximum Gasteiger partial charge on any atom is 0.416 e. The third kappa shape index (κ3) is 5.88. The third-order valence-corrected chi connectivity index (χ3v) is 8.64. The number of rotatable bonds is 5. The monoisotopic (exact) mass is 595 g/mol. The number of hydrogen-bond donors (Lipinski definition) is 0. The Hall–Kier alpha value is -3.67. The summed E-state index contributed by atoms with van der Waals surface area (Å²) < 4.78 is 109. The van der Waals surface area contributed by atoms with Crippen LogP contribution in [0.3, 0.4) is 0 Å². The second kappa shape index (κ2) is 10.0. The predicted molar refractivity (Wildman–Crippen MR) is 140 cm³/mol. The number of anilines is 1. The van der Waals surface area contributed by atoms with E-state index in [0.717, 1.165) is 40.7 Å². The van der Waals surface area contributed by atoms with Crippen LogP contribution in [0.5, 0.6) is 5.75 Å². The van der Waals surface area contributed by atoms with Crippen molar-refractivity contribution >= 4 is 21.7 Å². The molecule has 1 fully saturated rings. The number of carbonyl (C=O) groups excluding carboxylic acids is 1. The smallest absolute Gasteiger partial charge is 0.416 e. The third-order valence-electron chi connectivity index (χ3n) is 6.87. The van der Waals surface area contributed by atoms with Crippen molar-refractivity contribution in [2.75, 3.05) is 10.8 Å². The van der Waals surface area contributed by atoms with Crippen molar-refractivity contribution < 1.29 is 44.6 Å². The van der Waals surface area contributed by atoms with Gasteiger partial charge in [-0.15, -0.1) is 0 Å². The molecule has 0 spiro atoms. The lowest BCUT2D eigenvalue weighted by Gasteiger charge is -2.36. The number of hydrogen-bond acceptors (Lipinski definition) is 5. The summed E-state index contributed by atoms with van der Waals surface area (Å²) in [5, 5.41) is 0. The Morgan fingerprint density at radius 3 is 2.41 bits per heavy atom. The molecule has 1 aliphatic heterocycles. The van der Waals surface area contributed by atoms with E-state index in [0.29, 0.717) is 12.5 Å². The summed E-state index contributed by atoms with van der Waals surface area (Å²) >= 11 is 0. The van der Waals surface area contributed by atoms with Crippen molar-refractivity contribution in [2.24, 2.45) is 11.8 Å². The van der Waals surface area contributed by atoms with E-state index in [1.807, 2.05) is 0 Å². The van der Waals surface area contributed by atoms with Gasteiger partial charge in [-0.2, -0.15) is 13.2 Å². The van der Waals surface area contributed by atoms with Crippen LogP contribution in [-0.4, -0.2) is 32.6 Å². The average molecular weight is 596 g/mol. The first kappa shape index (κ1) is 28.8. The molecule has 0 saturated heterocycles. The van der Waals surface area contributed by atoms with Crippen LogP contribution >= 0.6 is 0 Å². The fourth-order valence-electron chi connectivity index (χ4n) is 4.84. The molecule has 0 aromatic heterocycles. The van der Waals surface area contributed by atoms with Gasteiger partial charge < -0.3 is 9.47 Å². The molecule has 2 aliphatic rings. The van der Waals surface area contributed by atoms with Gasteiger partial charge in [0.2, 0.25) is 0 Å². The largest absolute Gasteiger partial charge is 0.486 e. The van der Waals surface area contributed by atoms with Gasteiger partial charge in [-0.05, 0) is 81.3 Å². The fraction of sp³-hybridized carbons (Fsp3) is 0.345. The molecule has 3 aromatic rings. The number of carbonyl (C=O) groups is 1. The highest BCUT2D eigenvalue weighted by atomic mass is 32.2. The van der Waals surface area contributed by atoms with E-state index in [1.165, 1.54) is 18.2 Å². The topological polar surface area (TPSA) is 72.9 Å². The van der Waals surface area contributed by atoms with Crippen molar-refractivity contribution in [3.05, 3.63) is 77.9 Å². The standard InChI is InChI=1S/C29H26F5NO5S/c1-28(2,3)40-27(36)22-14-21(22)26-15-35(41(37,38)19-6-4-5-17(12-19)29(32,33)34)24-11-16(7-10-25(24)39-26)20-13-18(30)8-9-23(20)31/h4-13,21-22,26H,14-15H2,1-3H3/t21?,22-,26+/m0/s1. The molecular formula is C29H26F5NO5S. The number of fused-ring (bicyclic) bond motifs is 1. The second-order valence-corrected chi connectivity index (χ2v) is 12.9. The van der Waals surface area contributed by atoms with E-state index in [-0.39, 0.29) is 29.1 Å². The van der Waals surface area contributed by atoms with Crippen LogP contribution in [0, 0.1) is 23.5 Å². The number of benzene rings is 3. The van der Waals surface area contributed by atoms with Crippen molar-refractivity contribution in [3.63, 3.8) is 0 Å². The van der Waals surface area contributed by atoms with E-state index in [1.54, 1.807) is 20.8 Å². The summed E-state index contributed by atoms with van der Waals surface area (Å²) in [6, 6.07) is 10.2. The number of halogens is 5. The Labute approximate surface area is 233 Å². The minimum absolute atomic E-state index is 0.0608. The fourth-order valence-corrected chi connectivity index (χ4v) is 6.37. The molecule has 0 bridgehead atoms. The summed E-state index contributed by atoms with van der Waals surface area (Å²) in [6.07, 6.45) is -5.23. The first-order valence-electron chi connectivity index (χ1n) is 12.7. The van der Waals surface area contributed by atoms with E-state index in [9.17, 15) is 35.2 Å². The quantitative estimate of drug-likeness (QED) is 0.246. The zero-order chi connectivity index (χ0) is 29.9. The Morgan fingerprint density at radius 2 is 1.73 bits per heavy atom. The van der Waals surface area contributed by atoms with Crippen LogP contribution in [0.25, 0.3) is 11.1 Å². The maximum atomic E-state index is 14.6. The van der Waals surface area contributed by atoms with Crippen LogP contribution in [0.2, 0.25) is 0 Å². The summed E-state index contributed by atoms with van der Waals surface area (Å²) in [4.78, 5) is 12.0. The molecule has 1 aliphatic carbocycles. The normalized spacial score (nSPS) is 20.7. The van der Waals surface area contributed by atoms with Gasteiger partial charge in [-0.3, -0.25) is 9.10 Å². The van der Waals surface area contributed by atoms with Gasteiger partial charge in [0.25, 0.3) is 10.0 Å². The summed E-state index contributed by atoms with van der Waals surface area (Å²) in [5.74, 6) is -2.82. The van der Waals surface area contributed by atoms with Gasteiger partial charge in [0, 0.05) is 11.5 Å². The number of sulfonamides is 1. The van der Waals surface area contributed by atoms with Crippen LogP contribution < -0.4 is 9.04 Å². The SMILES string of the molecule is CC(C)(C)OC(=O)[C@H]1CC1[C@H]1CN(S(=O)(=O)c2cccc(C(F)(F)F)c2)c2cc(-c3cc(F)ccc3F)ccc2O1. The van der Waals surface area contributed by atoms with Gasteiger partial charge in [-0.1, -0.05) is 12.1 Å². The molecule has 1 heterocycles. The minimum Gasteiger partial charge on any atom is -0.486 e. The molecule has 3 atom stereocenters. The van der Waals surface area contributed by atoms with E-state index in [4.69, 9.17) is 9.47 Å². The van der Waals surface area contributed by atoms with E-state index >= 15 is 0 Å². The zero-order valence-electron chi connectivity index (χ0n) is 22.2. The number of ether oxygens (including phenoxy) is 2. The molecule has 218 valence electrons. The molecule has 41 heavy (non-hydrogen) atoms. The summed E-state index contributed by atoms with van der Waals surface area (Å²) in [5.41, 5.74) is -1.95. The average Bonchev–Trinajstić information content (AvgIpc) is 3.69. The molecule has 12 heteroatoms. The molecule has 6 nitrogen and oxygen atoms in total. The number of esters is 1. The number of nitrogens with zero attached hydrogens (tertiary/aromatic N) is 1. The Bertz CT molecular complexity index is 1620. The molecule has 3 aromatic carbocycles. The molecule has 0 radical (unpaired) electrons. The lowest BCUT2D eigenvalue weighted by atomic mass is 10.0. The zero-order valence-corrected chi connectivity index (χ0v) is 23.0. The van der Waals surface area contributed by atoms with Gasteiger partial charge in [-0.25, -0.2) is 17.2 Å². The van der Waals surface area contributed by atoms with Gasteiger partial charge in [0.05, 0.1) is 28.6 Å². The lowest BCUT2D eigenvalue weighted by Crippen LogP contribution is -2.45. The summed E-state index contributed by atoms with van der Waals surface area (Å²) in [7, 11) is -4.61. The number of alkyl halides is 3. The van der Waals surface area contributed by atoms with Crippen LogP contribution in [0.4, 0.5) is 27.6 Å². The summed E-state index contributed by atoms with van der Waals surface area (Å²) in [6.45, 7) is 4.83. The highest BCUT2D eigenvalue weighted by Crippen LogP contribution is 2.49. The van der Waals surface area contributed by atoms with Crippen molar-refractivity contribution in [3.8, 4) is 16.9 Å². The first-order chi connectivity index (χ1) is 19.0. The lowest BCUT2D eigenvalue weighted by molar-refractivity contribution is -0.157. The highest BCUT2D eigenvalue weighted by molar-refractivity contribution is 7.92. The van der Waals surface area contributed by atoms with E-state index < -0.39 is 67.8 Å². The molecular weight excluding hydrogens is 569 g/mol. The Balaban J connectivity index is 1.56. The van der Waals surface area contributed by atoms with Crippen molar-refractivity contribution in [1.29, 1.82) is 0 Å². The van der Waals surface area contributed by atoms with Crippen LogP contribution in [0.1, 0.15) is 32.8 Å². The molecule has 1 saturated carbocycles. The second-order valence-electron chi connectivity index (χ2n) is 11.1. The van der Waals surface area contributed by atoms with Crippen molar-refractivity contribution in [2.45, 2.75) is 50.0 Å². The molecule has 0 amide bonds. The molecule has 0 N–H and O–H groups in total. The molecule has 5 rings (SSSR count). The van der Waals surface area contributed by atoms with Crippen LogP contribution in [-0.2, 0) is 25.7 Å². The molecule has 1 unspecified atom stereocenters. The van der Waals surface area contributed by atoms with Crippen LogP contribution in [0.15, 0.2) is 65.6 Å². The predicted octanol–water partition coefficient (Wildman–Crippen LogP) is 6.58. The Morgan fingerprint density at radius 1 is 1.00 bits per heavy atom.